The lowest BCUT2D eigenvalue weighted by molar-refractivity contribution is 0.449. The molecule has 0 aliphatic carbocycles. The summed E-state index contributed by atoms with van der Waals surface area (Å²) in [6, 6.07) is 5.50. The van der Waals surface area contributed by atoms with E-state index in [1.165, 1.54) is 12.1 Å². The van der Waals surface area contributed by atoms with Crippen LogP contribution in [0.2, 0.25) is 0 Å². The molecule has 88 valence electrons. The molecular formula is C12H7F4N. The first-order valence-corrected chi connectivity index (χ1v) is 4.70. The fourth-order valence-corrected chi connectivity index (χ4v) is 1.51. The zero-order valence-corrected chi connectivity index (χ0v) is 8.48. The Kier molecular flexibility index (Phi) is 2.75. The van der Waals surface area contributed by atoms with Crippen LogP contribution in [-0.4, -0.2) is 0 Å². The quantitative estimate of drug-likeness (QED) is 0.461. The molecule has 0 spiro atoms. The monoisotopic (exact) mass is 241 g/mol. The van der Waals surface area contributed by atoms with Crippen LogP contribution in [0.1, 0.15) is 0 Å². The topological polar surface area (TPSA) is 26.0 Å². The predicted octanol–water partition coefficient (Wildman–Crippen LogP) is 3.49. The summed E-state index contributed by atoms with van der Waals surface area (Å²) in [7, 11) is 0. The Labute approximate surface area is 94.5 Å². The minimum atomic E-state index is -1.61. The normalized spacial score (nSPS) is 10.6. The fourth-order valence-electron chi connectivity index (χ4n) is 1.51. The summed E-state index contributed by atoms with van der Waals surface area (Å²) in [4.78, 5) is 0. The number of halogens is 4. The van der Waals surface area contributed by atoms with E-state index >= 15 is 0 Å². The third-order valence-corrected chi connectivity index (χ3v) is 2.38. The molecule has 2 aromatic rings. The van der Waals surface area contributed by atoms with Gasteiger partial charge in [-0.05, 0) is 18.2 Å². The van der Waals surface area contributed by atoms with Gasteiger partial charge in [0.05, 0.1) is 5.69 Å². The van der Waals surface area contributed by atoms with Gasteiger partial charge >= 0.3 is 0 Å². The zero-order valence-electron chi connectivity index (χ0n) is 8.48. The first-order valence-electron chi connectivity index (χ1n) is 4.70. The molecule has 2 rings (SSSR count). The van der Waals surface area contributed by atoms with Crippen LogP contribution in [0.3, 0.4) is 0 Å². The first kappa shape index (κ1) is 11.4. The molecule has 2 N–H and O–H groups in total. The molecule has 0 aromatic heterocycles. The number of para-hydroxylation sites is 1. The summed E-state index contributed by atoms with van der Waals surface area (Å²) in [5.41, 5.74) is 4.82. The van der Waals surface area contributed by atoms with Crippen molar-refractivity contribution in [3.05, 3.63) is 53.6 Å². The number of hydrogen-bond donors (Lipinski definition) is 1. The highest BCUT2D eigenvalue weighted by Gasteiger charge is 2.17. The highest BCUT2D eigenvalue weighted by molar-refractivity contribution is 5.77. The molecule has 0 saturated carbocycles. The summed E-state index contributed by atoms with van der Waals surface area (Å²) < 4.78 is 52.4. The SMILES string of the molecule is Nc1c(F)cccc1-c1ccc(F)c(F)c1F. The molecule has 1 nitrogen and oxygen atoms in total. The van der Waals surface area contributed by atoms with Gasteiger partial charge in [-0.1, -0.05) is 12.1 Å². The maximum Gasteiger partial charge on any atom is 0.195 e. The molecule has 5 heteroatoms. The summed E-state index contributed by atoms with van der Waals surface area (Å²) in [5, 5.41) is 0. The van der Waals surface area contributed by atoms with E-state index in [-0.39, 0.29) is 16.8 Å². The van der Waals surface area contributed by atoms with Gasteiger partial charge in [-0.3, -0.25) is 0 Å². The largest absolute Gasteiger partial charge is 0.396 e. The van der Waals surface area contributed by atoms with E-state index < -0.39 is 23.3 Å². The molecule has 0 aliphatic heterocycles. The van der Waals surface area contributed by atoms with Crippen LogP contribution in [0.25, 0.3) is 11.1 Å². The molecule has 0 heterocycles. The number of nitrogen functional groups attached to an aromatic ring is 1. The molecular weight excluding hydrogens is 234 g/mol. The van der Waals surface area contributed by atoms with Gasteiger partial charge in [-0.2, -0.15) is 0 Å². The van der Waals surface area contributed by atoms with E-state index in [2.05, 4.69) is 0 Å². The van der Waals surface area contributed by atoms with Crippen molar-refractivity contribution < 1.29 is 17.6 Å². The van der Waals surface area contributed by atoms with Crippen molar-refractivity contribution in [1.82, 2.24) is 0 Å². The van der Waals surface area contributed by atoms with Gasteiger partial charge in [0.15, 0.2) is 17.5 Å². The van der Waals surface area contributed by atoms with Crippen LogP contribution in [0.4, 0.5) is 23.2 Å². The first-order chi connectivity index (χ1) is 8.02. The molecule has 0 radical (unpaired) electrons. The Balaban J connectivity index is 2.69. The smallest absolute Gasteiger partial charge is 0.195 e. The van der Waals surface area contributed by atoms with Gasteiger partial charge in [0.2, 0.25) is 0 Å². The molecule has 0 saturated heterocycles. The summed E-state index contributed by atoms with van der Waals surface area (Å²) in [6.07, 6.45) is 0. The molecule has 0 unspecified atom stereocenters. The van der Waals surface area contributed by atoms with Crippen molar-refractivity contribution in [1.29, 1.82) is 0 Å². The van der Waals surface area contributed by atoms with E-state index in [0.29, 0.717) is 0 Å². The van der Waals surface area contributed by atoms with Crippen molar-refractivity contribution >= 4 is 5.69 Å². The lowest BCUT2D eigenvalue weighted by Gasteiger charge is -2.08. The molecule has 0 fully saturated rings. The van der Waals surface area contributed by atoms with E-state index in [9.17, 15) is 17.6 Å². The predicted molar refractivity (Wildman–Crippen MR) is 56.1 cm³/mol. The third-order valence-electron chi connectivity index (χ3n) is 2.38. The molecule has 17 heavy (non-hydrogen) atoms. The van der Waals surface area contributed by atoms with Gasteiger partial charge < -0.3 is 5.73 Å². The summed E-state index contributed by atoms with van der Waals surface area (Å²) in [6.45, 7) is 0. The molecule has 2 aromatic carbocycles. The number of anilines is 1. The van der Waals surface area contributed by atoms with E-state index in [4.69, 9.17) is 5.73 Å². The second-order valence-corrected chi connectivity index (χ2v) is 3.42. The zero-order chi connectivity index (χ0) is 12.6. The van der Waals surface area contributed by atoms with Gasteiger partial charge in [0.25, 0.3) is 0 Å². The maximum absolute atomic E-state index is 13.5. The van der Waals surface area contributed by atoms with Gasteiger partial charge in [0, 0.05) is 11.1 Å². The fraction of sp³-hybridized carbons (Fsp3) is 0. The number of hydrogen-bond acceptors (Lipinski definition) is 1. The average Bonchev–Trinajstić information content (AvgIpc) is 2.31. The van der Waals surface area contributed by atoms with Crippen molar-refractivity contribution in [2.75, 3.05) is 5.73 Å². The van der Waals surface area contributed by atoms with Gasteiger partial charge in [-0.25, -0.2) is 17.6 Å². The van der Waals surface area contributed by atoms with E-state index in [1.54, 1.807) is 0 Å². The van der Waals surface area contributed by atoms with Crippen LogP contribution in [0.5, 0.6) is 0 Å². The average molecular weight is 241 g/mol. The Morgan fingerprint density at radius 2 is 1.41 bits per heavy atom. The van der Waals surface area contributed by atoms with Crippen LogP contribution in [0.15, 0.2) is 30.3 Å². The Hall–Kier alpha value is -2.04. The van der Waals surface area contributed by atoms with Crippen molar-refractivity contribution in [2.45, 2.75) is 0 Å². The Morgan fingerprint density at radius 1 is 0.706 bits per heavy atom. The molecule has 0 aliphatic rings. The summed E-state index contributed by atoms with van der Waals surface area (Å²) >= 11 is 0. The number of nitrogens with two attached hydrogens (primary N) is 1. The maximum atomic E-state index is 13.5. The Morgan fingerprint density at radius 3 is 2.12 bits per heavy atom. The Bertz CT molecular complexity index is 581. The van der Waals surface area contributed by atoms with Gasteiger partial charge in [0.1, 0.15) is 5.82 Å². The third kappa shape index (κ3) is 1.84. The minimum absolute atomic E-state index is 0.0126. The second-order valence-electron chi connectivity index (χ2n) is 3.42. The van der Waals surface area contributed by atoms with Crippen LogP contribution in [-0.2, 0) is 0 Å². The lowest BCUT2D eigenvalue weighted by atomic mass is 10.0. The molecule has 0 atom stereocenters. The number of rotatable bonds is 1. The van der Waals surface area contributed by atoms with Crippen molar-refractivity contribution in [3.8, 4) is 11.1 Å². The van der Waals surface area contributed by atoms with Gasteiger partial charge in [-0.15, -0.1) is 0 Å². The van der Waals surface area contributed by atoms with E-state index in [1.807, 2.05) is 0 Å². The standard InChI is InChI=1S/C12H7F4N/c13-8-5-4-6(10(15)11(8)16)7-2-1-3-9(14)12(7)17/h1-5H,17H2. The second kappa shape index (κ2) is 4.08. The van der Waals surface area contributed by atoms with Crippen LogP contribution in [0, 0.1) is 23.3 Å². The van der Waals surface area contributed by atoms with Crippen molar-refractivity contribution in [2.24, 2.45) is 0 Å². The minimum Gasteiger partial charge on any atom is -0.396 e. The van der Waals surface area contributed by atoms with Crippen LogP contribution >= 0.6 is 0 Å². The number of benzene rings is 2. The van der Waals surface area contributed by atoms with E-state index in [0.717, 1.165) is 18.2 Å². The highest BCUT2D eigenvalue weighted by Crippen LogP contribution is 2.31. The molecule has 0 bridgehead atoms. The van der Waals surface area contributed by atoms with Crippen LogP contribution < -0.4 is 5.73 Å². The highest BCUT2D eigenvalue weighted by atomic mass is 19.2. The summed E-state index contributed by atoms with van der Waals surface area (Å²) in [5.74, 6) is -5.04. The molecule has 0 amide bonds. The lowest BCUT2D eigenvalue weighted by Crippen LogP contribution is -1.98. The van der Waals surface area contributed by atoms with Crippen molar-refractivity contribution in [3.63, 3.8) is 0 Å².